The lowest BCUT2D eigenvalue weighted by Crippen LogP contribution is -2.30. The number of β-amino-alcohol motifs (C(OH)–C–C–N with tert-alkyl or cyclic N) is 1. The van der Waals surface area contributed by atoms with Gasteiger partial charge in [0.15, 0.2) is 0 Å². The van der Waals surface area contributed by atoms with Gasteiger partial charge in [-0.3, -0.25) is 24.8 Å². The van der Waals surface area contributed by atoms with E-state index in [1.165, 1.54) is 4.90 Å². The zero-order valence-electron chi connectivity index (χ0n) is 17.3. The van der Waals surface area contributed by atoms with Crippen LogP contribution in [0.1, 0.15) is 15.9 Å². The second kappa shape index (κ2) is 8.05. The van der Waals surface area contributed by atoms with Crippen molar-refractivity contribution in [2.75, 3.05) is 24.5 Å². The quantitative estimate of drug-likeness (QED) is 0.616. The highest BCUT2D eigenvalue weighted by atomic mass is 16.3. The number of urea groups is 1. The number of nitrogens with zero attached hydrogens (tertiary/aromatic N) is 3. The molecule has 5 rings (SSSR count). The molecule has 8 nitrogen and oxygen atoms in total. The summed E-state index contributed by atoms with van der Waals surface area (Å²) in [6.07, 6.45) is 1.83. The fourth-order valence-corrected chi connectivity index (χ4v) is 4.45. The molecule has 2 N–H and O–H groups in total. The molecule has 162 valence electrons. The van der Waals surface area contributed by atoms with Gasteiger partial charge < -0.3 is 10.0 Å². The number of rotatable bonds is 4. The first-order valence-corrected chi connectivity index (χ1v) is 10.5. The van der Waals surface area contributed by atoms with Crippen molar-refractivity contribution in [2.24, 2.45) is 5.92 Å². The van der Waals surface area contributed by atoms with Crippen LogP contribution in [0.25, 0.3) is 10.9 Å². The molecule has 8 heteroatoms. The van der Waals surface area contributed by atoms with Crippen molar-refractivity contribution in [2.45, 2.75) is 12.5 Å². The minimum atomic E-state index is -0.607. The first-order valence-electron chi connectivity index (χ1n) is 10.5. The topological polar surface area (TPSA) is 103 Å². The van der Waals surface area contributed by atoms with Gasteiger partial charge in [0.1, 0.15) is 6.54 Å². The summed E-state index contributed by atoms with van der Waals surface area (Å²) in [5.41, 5.74) is 3.05. The van der Waals surface area contributed by atoms with Gasteiger partial charge in [-0.15, -0.1) is 0 Å². The van der Waals surface area contributed by atoms with Crippen LogP contribution in [0.4, 0.5) is 10.5 Å². The third kappa shape index (κ3) is 3.69. The smallest absolute Gasteiger partial charge is 0.329 e. The number of carbonyl (C=O) groups is 3. The van der Waals surface area contributed by atoms with Gasteiger partial charge >= 0.3 is 6.03 Å². The Bertz CT molecular complexity index is 1200. The van der Waals surface area contributed by atoms with Gasteiger partial charge in [-0.2, -0.15) is 0 Å². The van der Waals surface area contributed by atoms with E-state index in [0.29, 0.717) is 24.2 Å². The number of hydrogen-bond acceptors (Lipinski definition) is 5. The van der Waals surface area contributed by atoms with Gasteiger partial charge in [0, 0.05) is 41.8 Å². The van der Waals surface area contributed by atoms with Crippen LogP contribution in [0.2, 0.25) is 0 Å². The third-order valence-corrected chi connectivity index (χ3v) is 6.13. The fraction of sp³-hybridized carbons (Fsp3) is 0.250. The Kier molecular flexibility index (Phi) is 5.07. The van der Waals surface area contributed by atoms with Crippen LogP contribution in [0.5, 0.6) is 0 Å². The molecule has 0 unspecified atom stereocenters. The Morgan fingerprint density at radius 1 is 1.06 bits per heavy atom. The highest BCUT2D eigenvalue weighted by molar-refractivity contribution is 6.12. The van der Waals surface area contributed by atoms with E-state index in [1.807, 2.05) is 30.3 Å². The van der Waals surface area contributed by atoms with Crippen molar-refractivity contribution in [3.63, 3.8) is 0 Å². The lowest BCUT2D eigenvalue weighted by atomic mass is 9.94. The summed E-state index contributed by atoms with van der Waals surface area (Å²) in [7, 11) is 0. The molecule has 1 aromatic heterocycles. The van der Waals surface area contributed by atoms with Crippen LogP contribution in [0, 0.1) is 5.92 Å². The summed E-state index contributed by atoms with van der Waals surface area (Å²) in [6.45, 7) is 0.703. The lowest BCUT2D eigenvalue weighted by molar-refractivity contribution is -0.117. The summed E-state index contributed by atoms with van der Waals surface area (Å²) in [4.78, 5) is 43.6. The number of nitrogens with one attached hydrogen (secondary N) is 1. The van der Waals surface area contributed by atoms with Gasteiger partial charge in [-0.1, -0.05) is 18.2 Å². The molecule has 2 saturated heterocycles. The highest BCUT2D eigenvalue weighted by Gasteiger charge is 2.35. The Labute approximate surface area is 184 Å². The molecule has 0 spiro atoms. The first-order chi connectivity index (χ1) is 15.5. The maximum absolute atomic E-state index is 13.0. The molecule has 4 amide bonds. The number of aliphatic hydroxyl groups excluding tert-OH is 1. The van der Waals surface area contributed by atoms with E-state index in [1.54, 1.807) is 35.4 Å². The van der Waals surface area contributed by atoms with Gasteiger partial charge in [0.2, 0.25) is 5.91 Å². The predicted molar refractivity (Wildman–Crippen MR) is 118 cm³/mol. The monoisotopic (exact) mass is 430 g/mol. The van der Waals surface area contributed by atoms with Gasteiger partial charge in [0.05, 0.1) is 11.6 Å². The van der Waals surface area contributed by atoms with E-state index in [4.69, 9.17) is 0 Å². The number of amides is 4. The Hall–Kier alpha value is -3.78. The molecule has 2 fully saturated rings. The number of likely N-dealkylation sites (tertiary alicyclic amines) is 1. The van der Waals surface area contributed by atoms with E-state index < -0.39 is 12.1 Å². The molecule has 0 aliphatic carbocycles. The molecule has 3 aromatic rings. The number of aromatic nitrogens is 1. The van der Waals surface area contributed by atoms with Crippen molar-refractivity contribution in [3.05, 3.63) is 71.9 Å². The van der Waals surface area contributed by atoms with Gasteiger partial charge in [-0.05, 0) is 48.4 Å². The van der Waals surface area contributed by atoms with Crippen molar-refractivity contribution in [1.82, 2.24) is 15.2 Å². The lowest BCUT2D eigenvalue weighted by Gasteiger charge is -2.18. The maximum Gasteiger partial charge on any atom is 0.329 e. The molecule has 3 heterocycles. The van der Waals surface area contributed by atoms with Crippen LogP contribution in [-0.4, -0.2) is 58.6 Å². The average Bonchev–Trinajstić information content (AvgIpc) is 3.34. The standard InChI is InChI=1S/C24H22N4O4/c29-21-13-27(12-17(21)11-16-9-10-25-20-4-2-1-3-19(16)20)23(31)15-5-7-18(8-6-15)28-14-22(30)26-24(28)32/h1-10,17,21,29H,11-14H2,(H,26,30,32)/t17-,21-/m1/s1. The molecular formula is C24H22N4O4. The number of fused-ring (bicyclic) bond motifs is 1. The molecule has 32 heavy (non-hydrogen) atoms. The molecule has 2 atom stereocenters. The SMILES string of the molecule is O=C1CN(c2ccc(C(=O)N3C[C@@H](Cc4ccnc5ccccc45)[C@H](O)C3)cc2)C(=O)N1. The largest absolute Gasteiger partial charge is 0.391 e. The number of hydrogen-bond donors (Lipinski definition) is 2. The molecule has 0 radical (unpaired) electrons. The molecule has 2 aromatic carbocycles. The molecule has 2 aliphatic heterocycles. The minimum Gasteiger partial charge on any atom is -0.391 e. The number of para-hydroxylation sites is 1. The van der Waals surface area contributed by atoms with E-state index in [-0.39, 0.29) is 30.8 Å². The number of imide groups is 1. The number of aliphatic hydroxyl groups is 1. The minimum absolute atomic E-state index is 0.0319. The predicted octanol–water partition coefficient (Wildman–Crippen LogP) is 1.97. The maximum atomic E-state index is 13.0. The molecule has 2 aliphatic rings. The van der Waals surface area contributed by atoms with Gasteiger partial charge in [-0.25, -0.2) is 4.79 Å². The van der Waals surface area contributed by atoms with E-state index >= 15 is 0 Å². The summed E-state index contributed by atoms with van der Waals surface area (Å²) in [6, 6.07) is 16.0. The summed E-state index contributed by atoms with van der Waals surface area (Å²) in [5, 5.41) is 13.9. The third-order valence-electron chi connectivity index (χ3n) is 6.13. The fourth-order valence-electron chi connectivity index (χ4n) is 4.45. The van der Waals surface area contributed by atoms with Crippen LogP contribution in [0.15, 0.2) is 60.8 Å². The number of pyridine rings is 1. The van der Waals surface area contributed by atoms with Crippen molar-refractivity contribution < 1.29 is 19.5 Å². The summed E-state index contributed by atoms with van der Waals surface area (Å²) < 4.78 is 0. The van der Waals surface area contributed by atoms with E-state index in [2.05, 4.69) is 10.3 Å². The van der Waals surface area contributed by atoms with Crippen LogP contribution >= 0.6 is 0 Å². The van der Waals surface area contributed by atoms with Crippen LogP contribution < -0.4 is 10.2 Å². The highest BCUT2D eigenvalue weighted by Crippen LogP contribution is 2.27. The van der Waals surface area contributed by atoms with E-state index in [0.717, 1.165) is 16.5 Å². The number of carbonyl (C=O) groups excluding carboxylic acids is 3. The molecule has 0 saturated carbocycles. The number of benzene rings is 2. The Balaban J connectivity index is 1.28. The average molecular weight is 430 g/mol. The van der Waals surface area contributed by atoms with E-state index in [9.17, 15) is 19.5 Å². The van der Waals surface area contributed by atoms with Crippen molar-refractivity contribution in [3.8, 4) is 0 Å². The second-order valence-corrected chi connectivity index (χ2v) is 8.22. The summed E-state index contributed by atoms with van der Waals surface area (Å²) >= 11 is 0. The molecular weight excluding hydrogens is 408 g/mol. The zero-order chi connectivity index (χ0) is 22.2. The Morgan fingerprint density at radius 3 is 2.59 bits per heavy atom. The zero-order valence-corrected chi connectivity index (χ0v) is 17.3. The van der Waals surface area contributed by atoms with Crippen molar-refractivity contribution in [1.29, 1.82) is 0 Å². The first kappa shape index (κ1) is 20.1. The van der Waals surface area contributed by atoms with Crippen LogP contribution in [-0.2, 0) is 11.2 Å². The molecule has 0 bridgehead atoms. The van der Waals surface area contributed by atoms with Gasteiger partial charge in [0.25, 0.3) is 5.91 Å². The van der Waals surface area contributed by atoms with Crippen LogP contribution in [0.3, 0.4) is 0 Å². The van der Waals surface area contributed by atoms with Crippen molar-refractivity contribution >= 4 is 34.4 Å². The summed E-state index contributed by atoms with van der Waals surface area (Å²) in [5.74, 6) is -0.586. The number of anilines is 1. The Morgan fingerprint density at radius 2 is 1.84 bits per heavy atom. The second-order valence-electron chi connectivity index (χ2n) is 8.22. The normalized spacial score (nSPS) is 20.8.